The Morgan fingerprint density at radius 1 is 1.88 bits per heavy atom. The van der Waals surface area contributed by atoms with Crippen molar-refractivity contribution in [1.29, 1.82) is 0 Å². The monoisotopic (exact) mass is 158 g/mol. The molecule has 1 unspecified atom stereocenters. The van der Waals surface area contributed by atoms with Crippen molar-refractivity contribution < 1.29 is 18.8 Å². The Morgan fingerprint density at radius 2 is 2.38 bits per heavy atom. The van der Waals surface area contributed by atoms with Crippen LogP contribution in [0.25, 0.3) is 0 Å². The van der Waals surface area contributed by atoms with Gasteiger partial charge >= 0.3 is 8.25 Å². The average molecular weight is 158 g/mol. The molecule has 0 aromatic carbocycles. The molecule has 0 fully saturated rings. The van der Waals surface area contributed by atoms with Crippen molar-refractivity contribution >= 4 is 25.1 Å². The van der Waals surface area contributed by atoms with Gasteiger partial charge in [0.1, 0.15) is 6.61 Å². The van der Waals surface area contributed by atoms with E-state index in [1.165, 1.54) is 0 Å². The largest absolute Gasteiger partial charge is 0.326 e. The van der Waals surface area contributed by atoms with Crippen LogP contribution in [0.5, 0.6) is 0 Å². The van der Waals surface area contributed by atoms with Crippen molar-refractivity contribution in [3.05, 3.63) is 0 Å². The van der Waals surface area contributed by atoms with Gasteiger partial charge in [0.05, 0.1) is 0 Å². The Morgan fingerprint density at radius 3 is 2.50 bits per heavy atom. The molecule has 0 radical (unpaired) electrons. The third-order valence-corrected chi connectivity index (χ3v) is 0.810. The molecule has 1 N–H and O–H groups in total. The van der Waals surface area contributed by atoms with E-state index in [0.29, 0.717) is 0 Å². The summed E-state index contributed by atoms with van der Waals surface area (Å²) in [6.07, 6.45) is 0. The molecule has 48 valence electrons. The molecule has 0 aromatic rings. The maximum Gasteiger partial charge on any atom is 0.317 e. The second kappa shape index (κ2) is 4.04. The van der Waals surface area contributed by atoms with Gasteiger partial charge in [0.2, 0.25) is 5.24 Å². The Balaban J connectivity index is 3.18. The van der Waals surface area contributed by atoms with Crippen molar-refractivity contribution in [2.24, 2.45) is 0 Å². The molecular formula is C2H4ClO4P. The molecule has 6 heteroatoms. The normalized spacial score (nSPS) is 13.2. The molecule has 0 aromatic heterocycles. The second-order valence-electron chi connectivity index (χ2n) is 0.910. The minimum absolute atomic E-state index is 0.504. The first kappa shape index (κ1) is 8.11. The molecule has 4 nitrogen and oxygen atoms in total. The van der Waals surface area contributed by atoms with Gasteiger partial charge in [-0.1, -0.05) is 0 Å². The maximum atomic E-state index is 9.75. The van der Waals surface area contributed by atoms with E-state index < -0.39 is 20.1 Å². The zero-order valence-corrected chi connectivity index (χ0v) is 5.51. The summed E-state index contributed by atoms with van der Waals surface area (Å²) in [6.45, 7) is -0.504. The molecule has 0 aliphatic carbocycles. The highest BCUT2D eigenvalue weighted by molar-refractivity contribution is 7.32. The first-order valence-corrected chi connectivity index (χ1v) is 3.31. The summed E-state index contributed by atoms with van der Waals surface area (Å²) in [5.74, 6) is 0. The molecule has 0 rings (SSSR count). The van der Waals surface area contributed by atoms with E-state index in [4.69, 9.17) is 16.5 Å². The first-order valence-electron chi connectivity index (χ1n) is 1.67. The molecule has 1 atom stereocenters. The molecule has 0 heterocycles. The van der Waals surface area contributed by atoms with Crippen molar-refractivity contribution in [1.82, 2.24) is 0 Å². The fourth-order valence-electron chi connectivity index (χ4n) is 0.118. The van der Waals surface area contributed by atoms with Gasteiger partial charge in [-0.05, 0) is 11.6 Å². The van der Waals surface area contributed by atoms with Crippen molar-refractivity contribution in [2.45, 2.75) is 0 Å². The summed E-state index contributed by atoms with van der Waals surface area (Å²) in [5, 5.41) is -0.780. The van der Waals surface area contributed by atoms with Crippen LogP contribution in [-0.2, 0) is 13.9 Å². The van der Waals surface area contributed by atoms with Crippen LogP contribution in [0.15, 0.2) is 0 Å². The lowest BCUT2D eigenvalue weighted by Gasteiger charge is -1.89. The van der Waals surface area contributed by atoms with Crippen LogP contribution in [0, 0.1) is 0 Å². The number of rotatable bonds is 3. The van der Waals surface area contributed by atoms with E-state index in [0.717, 1.165) is 0 Å². The van der Waals surface area contributed by atoms with Gasteiger partial charge in [0.25, 0.3) is 0 Å². The van der Waals surface area contributed by atoms with Gasteiger partial charge < -0.3 is 9.42 Å². The van der Waals surface area contributed by atoms with Crippen molar-refractivity contribution in [3.63, 3.8) is 0 Å². The summed E-state index contributed by atoms with van der Waals surface area (Å²) < 4.78 is 13.6. The highest BCUT2D eigenvalue weighted by Crippen LogP contribution is 2.13. The number of carbonyl (C=O) groups is 1. The quantitative estimate of drug-likeness (QED) is 0.469. The Labute approximate surface area is 51.4 Å². The van der Waals surface area contributed by atoms with Crippen LogP contribution >= 0.6 is 19.9 Å². The van der Waals surface area contributed by atoms with E-state index in [-0.39, 0.29) is 0 Å². The number of hydrogen-bond donors (Lipinski definition) is 1. The molecule has 0 saturated carbocycles. The summed E-state index contributed by atoms with van der Waals surface area (Å²) in [5.41, 5.74) is 0. The third-order valence-electron chi connectivity index (χ3n) is 0.309. The van der Waals surface area contributed by atoms with Gasteiger partial charge in [-0.2, -0.15) is 0 Å². The highest BCUT2D eigenvalue weighted by atomic mass is 35.5. The van der Waals surface area contributed by atoms with Crippen molar-refractivity contribution in [2.75, 3.05) is 6.61 Å². The Kier molecular flexibility index (Phi) is 4.09. The van der Waals surface area contributed by atoms with E-state index in [1.807, 2.05) is 0 Å². The summed E-state index contributed by atoms with van der Waals surface area (Å²) in [7, 11) is -2.99. The minimum atomic E-state index is -2.99. The van der Waals surface area contributed by atoms with Crippen LogP contribution in [0.1, 0.15) is 0 Å². The second-order valence-corrected chi connectivity index (χ2v) is 2.15. The van der Waals surface area contributed by atoms with Gasteiger partial charge in [-0.25, -0.2) is 0 Å². The average Bonchev–Trinajstić information content (AvgIpc) is 1.61. The standard InChI is InChI=1S/C2H4ClO4P/c3-2(4)1-7-8(5)6/h8H,1H2,(H,5,6). The topological polar surface area (TPSA) is 63.6 Å². The smallest absolute Gasteiger partial charge is 0.317 e. The minimum Gasteiger partial charge on any atom is -0.326 e. The van der Waals surface area contributed by atoms with Crippen LogP contribution in [0.2, 0.25) is 0 Å². The molecule has 0 saturated heterocycles. The van der Waals surface area contributed by atoms with Gasteiger partial charge in [-0.15, -0.1) is 0 Å². The molecule has 8 heavy (non-hydrogen) atoms. The van der Waals surface area contributed by atoms with Gasteiger partial charge in [0, 0.05) is 0 Å². The van der Waals surface area contributed by atoms with Crippen LogP contribution < -0.4 is 0 Å². The lowest BCUT2D eigenvalue weighted by Crippen LogP contribution is -1.94. The number of hydrogen-bond acceptors (Lipinski definition) is 3. The summed E-state index contributed by atoms with van der Waals surface area (Å²) in [4.78, 5) is 17.7. The summed E-state index contributed by atoms with van der Waals surface area (Å²) in [6, 6.07) is 0. The fraction of sp³-hybridized carbons (Fsp3) is 0.500. The zero-order chi connectivity index (χ0) is 6.57. The molecule has 0 spiro atoms. The van der Waals surface area contributed by atoms with Crippen LogP contribution in [0.4, 0.5) is 0 Å². The number of carbonyl (C=O) groups excluding carboxylic acids is 1. The zero-order valence-electron chi connectivity index (χ0n) is 3.76. The van der Waals surface area contributed by atoms with E-state index in [1.54, 1.807) is 0 Å². The predicted octanol–water partition coefficient (Wildman–Crippen LogP) is 0.150. The van der Waals surface area contributed by atoms with Crippen molar-refractivity contribution in [3.8, 4) is 0 Å². The van der Waals surface area contributed by atoms with Gasteiger partial charge in [0.15, 0.2) is 0 Å². The SMILES string of the molecule is O=C(Cl)CO[PH](=O)O. The van der Waals surface area contributed by atoms with E-state index >= 15 is 0 Å². The molecule has 0 aliphatic rings. The lowest BCUT2D eigenvalue weighted by atomic mass is 10.8. The fourth-order valence-corrected chi connectivity index (χ4v) is 0.519. The Bertz CT molecular complexity index is 98.6. The molecule has 0 amide bonds. The van der Waals surface area contributed by atoms with E-state index in [2.05, 4.69) is 4.52 Å². The predicted molar refractivity (Wildman–Crippen MR) is 28.0 cm³/mol. The molecule has 0 aliphatic heterocycles. The third kappa shape index (κ3) is 6.11. The maximum absolute atomic E-state index is 9.75. The summed E-state index contributed by atoms with van der Waals surface area (Å²) >= 11 is 4.72. The van der Waals surface area contributed by atoms with Gasteiger partial charge in [-0.3, -0.25) is 9.36 Å². The lowest BCUT2D eigenvalue weighted by molar-refractivity contribution is -0.113. The van der Waals surface area contributed by atoms with Crippen LogP contribution in [0.3, 0.4) is 0 Å². The first-order chi connectivity index (χ1) is 3.63. The molecular weight excluding hydrogens is 154 g/mol. The van der Waals surface area contributed by atoms with Crippen LogP contribution in [-0.4, -0.2) is 16.7 Å². The van der Waals surface area contributed by atoms with E-state index in [9.17, 15) is 9.36 Å². The highest BCUT2D eigenvalue weighted by Gasteiger charge is 1.96. The molecule has 0 bridgehead atoms. The Hall–Kier alpha value is 0.110. The number of halogens is 1.